The van der Waals surface area contributed by atoms with Crippen LogP contribution in [0.5, 0.6) is 0 Å². The highest BCUT2D eigenvalue weighted by atomic mass is 16.2. The van der Waals surface area contributed by atoms with Crippen molar-refractivity contribution >= 4 is 17.7 Å². The second-order valence-electron chi connectivity index (χ2n) is 8.28. The van der Waals surface area contributed by atoms with Gasteiger partial charge in [-0.1, -0.05) is 0 Å². The molecule has 0 atom stereocenters. The van der Waals surface area contributed by atoms with Crippen molar-refractivity contribution in [2.24, 2.45) is 0 Å². The van der Waals surface area contributed by atoms with Crippen molar-refractivity contribution in [3.63, 3.8) is 0 Å². The van der Waals surface area contributed by atoms with Crippen molar-refractivity contribution in [3.05, 3.63) is 66.1 Å². The molecule has 2 aliphatic rings. The van der Waals surface area contributed by atoms with E-state index >= 15 is 0 Å². The third-order valence-corrected chi connectivity index (χ3v) is 6.13. The summed E-state index contributed by atoms with van der Waals surface area (Å²) in [7, 11) is 0. The van der Waals surface area contributed by atoms with E-state index in [0.717, 1.165) is 54.9 Å². The molecule has 0 spiro atoms. The van der Waals surface area contributed by atoms with Crippen molar-refractivity contribution in [2.75, 3.05) is 49.1 Å². The number of carbonyl (C=O) groups excluding carboxylic acids is 1. The molecule has 7 nitrogen and oxygen atoms in total. The van der Waals surface area contributed by atoms with Crippen LogP contribution in [0.25, 0.3) is 5.69 Å². The summed E-state index contributed by atoms with van der Waals surface area (Å²) in [6, 6.07) is 13.9. The SMILES string of the molecule is Cc1cc(N2CCCC2)nc(N2CCN(C(=O)c3ccc(-n4cccc4)cc3)CC2)n1. The number of aromatic nitrogens is 3. The van der Waals surface area contributed by atoms with Crippen LogP contribution in [0.15, 0.2) is 54.9 Å². The van der Waals surface area contributed by atoms with Crippen LogP contribution in [0.1, 0.15) is 28.9 Å². The van der Waals surface area contributed by atoms with Crippen LogP contribution < -0.4 is 9.80 Å². The third kappa shape index (κ3) is 4.13. The first-order valence-electron chi connectivity index (χ1n) is 11.1. The topological polar surface area (TPSA) is 57.5 Å². The lowest BCUT2D eigenvalue weighted by molar-refractivity contribution is 0.0746. The van der Waals surface area contributed by atoms with Crippen LogP contribution in [0.2, 0.25) is 0 Å². The van der Waals surface area contributed by atoms with Gasteiger partial charge in [-0.15, -0.1) is 0 Å². The van der Waals surface area contributed by atoms with Gasteiger partial charge in [0.1, 0.15) is 5.82 Å². The largest absolute Gasteiger partial charge is 0.356 e. The van der Waals surface area contributed by atoms with Crippen LogP contribution in [-0.4, -0.2) is 64.6 Å². The van der Waals surface area contributed by atoms with Crippen LogP contribution in [0, 0.1) is 6.92 Å². The average Bonchev–Trinajstić information content (AvgIpc) is 3.53. The molecule has 2 fully saturated rings. The number of nitrogens with zero attached hydrogens (tertiary/aromatic N) is 6. The summed E-state index contributed by atoms with van der Waals surface area (Å²) in [5.74, 6) is 1.90. The van der Waals surface area contributed by atoms with Crippen molar-refractivity contribution < 1.29 is 4.79 Å². The van der Waals surface area contributed by atoms with Gasteiger partial charge in [-0.05, 0) is 56.2 Å². The predicted molar refractivity (Wildman–Crippen MR) is 122 cm³/mol. The minimum absolute atomic E-state index is 0.0848. The Kier molecular flexibility index (Phi) is 5.32. The van der Waals surface area contributed by atoms with E-state index in [2.05, 4.69) is 20.9 Å². The van der Waals surface area contributed by atoms with E-state index in [1.165, 1.54) is 12.8 Å². The number of anilines is 2. The van der Waals surface area contributed by atoms with Crippen LogP contribution >= 0.6 is 0 Å². The Morgan fingerprint density at radius 3 is 2.19 bits per heavy atom. The molecule has 4 heterocycles. The number of carbonyl (C=O) groups is 1. The van der Waals surface area contributed by atoms with E-state index < -0.39 is 0 Å². The van der Waals surface area contributed by atoms with Gasteiger partial charge in [0, 0.05) is 74.7 Å². The summed E-state index contributed by atoms with van der Waals surface area (Å²) < 4.78 is 2.03. The monoisotopic (exact) mass is 416 g/mol. The Morgan fingerprint density at radius 1 is 0.839 bits per heavy atom. The molecule has 1 amide bonds. The molecule has 1 aromatic carbocycles. The number of rotatable bonds is 4. The Hall–Kier alpha value is -3.35. The van der Waals surface area contributed by atoms with Crippen molar-refractivity contribution in [1.82, 2.24) is 19.4 Å². The zero-order valence-corrected chi connectivity index (χ0v) is 17.9. The normalized spacial score (nSPS) is 16.7. The lowest BCUT2D eigenvalue weighted by Gasteiger charge is -2.35. The molecule has 3 aromatic rings. The Morgan fingerprint density at radius 2 is 1.52 bits per heavy atom. The zero-order valence-electron chi connectivity index (χ0n) is 17.9. The fourth-order valence-electron chi connectivity index (χ4n) is 4.36. The first-order chi connectivity index (χ1) is 15.2. The van der Waals surface area contributed by atoms with Gasteiger partial charge in [-0.25, -0.2) is 4.98 Å². The zero-order chi connectivity index (χ0) is 21.2. The van der Waals surface area contributed by atoms with E-state index in [4.69, 9.17) is 4.98 Å². The molecule has 0 N–H and O–H groups in total. The molecular formula is C24H28N6O. The fourth-order valence-corrected chi connectivity index (χ4v) is 4.36. The molecule has 2 aromatic heterocycles. The van der Waals surface area contributed by atoms with E-state index in [1.807, 2.05) is 65.2 Å². The van der Waals surface area contributed by atoms with E-state index in [9.17, 15) is 4.79 Å². The molecule has 2 saturated heterocycles. The fraction of sp³-hybridized carbons (Fsp3) is 0.375. The van der Waals surface area contributed by atoms with Crippen molar-refractivity contribution in [1.29, 1.82) is 0 Å². The number of amides is 1. The average molecular weight is 417 g/mol. The van der Waals surface area contributed by atoms with Gasteiger partial charge in [-0.2, -0.15) is 4.98 Å². The van der Waals surface area contributed by atoms with Crippen molar-refractivity contribution in [3.8, 4) is 5.69 Å². The Labute approximate surface area is 182 Å². The summed E-state index contributed by atoms with van der Waals surface area (Å²) >= 11 is 0. The molecule has 7 heteroatoms. The standard InChI is InChI=1S/C24H28N6O/c1-19-18-22(28-12-4-5-13-28)26-24(25-19)30-16-14-29(15-17-30)23(31)20-6-8-21(9-7-20)27-10-2-3-11-27/h2-3,6-11,18H,4-5,12-17H2,1H3. The summed E-state index contributed by atoms with van der Waals surface area (Å²) in [5, 5.41) is 0. The third-order valence-electron chi connectivity index (χ3n) is 6.13. The minimum Gasteiger partial charge on any atom is -0.356 e. The second kappa shape index (κ2) is 8.41. The summed E-state index contributed by atoms with van der Waals surface area (Å²) in [5.41, 5.74) is 2.78. The second-order valence-corrected chi connectivity index (χ2v) is 8.28. The first kappa shape index (κ1) is 19.6. The van der Waals surface area contributed by atoms with E-state index in [-0.39, 0.29) is 5.91 Å². The van der Waals surface area contributed by atoms with Gasteiger partial charge in [0.05, 0.1) is 0 Å². The van der Waals surface area contributed by atoms with Gasteiger partial charge >= 0.3 is 0 Å². The van der Waals surface area contributed by atoms with Gasteiger partial charge < -0.3 is 19.3 Å². The molecule has 0 radical (unpaired) electrons. The molecule has 2 aliphatic heterocycles. The minimum atomic E-state index is 0.0848. The molecule has 0 saturated carbocycles. The Balaban J connectivity index is 1.23. The number of benzene rings is 1. The van der Waals surface area contributed by atoms with Gasteiger partial charge in [-0.3, -0.25) is 4.79 Å². The molecule has 160 valence electrons. The quantitative estimate of drug-likeness (QED) is 0.654. The summed E-state index contributed by atoms with van der Waals surface area (Å²) in [6.07, 6.45) is 6.45. The number of piperazine rings is 1. The summed E-state index contributed by atoms with van der Waals surface area (Å²) in [4.78, 5) is 29.0. The lowest BCUT2D eigenvalue weighted by Crippen LogP contribution is -2.49. The van der Waals surface area contributed by atoms with Crippen molar-refractivity contribution in [2.45, 2.75) is 19.8 Å². The number of hydrogen-bond donors (Lipinski definition) is 0. The van der Waals surface area contributed by atoms with Crippen LogP contribution in [0.4, 0.5) is 11.8 Å². The maximum Gasteiger partial charge on any atom is 0.253 e. The first-order valence-corrected chi connectivity index (χ1v) is 11.1. The Bertz CT molecular complexity index is 1030. The van der Waals surface area contributed by atoms with E-state index in [1.54, 1.807) is 0 Å². The smallest absolute Gasteiger partial charge is 0.253 e. The highest BCUT2D eigenvalue weighted by Crippen LogP contribution is 2.22. The maximum atomic E-state index is 13.0. The molecule has 31 heavy (non-hydrogen) atoms. The number of aryl methyl sites for hydroxylation is 1. The van der Waals surface area contributed by atoms with Crippen LogP contribution in [0.3, 0.4) is 0 Å². The highest BCUT2D eigenvalue weighted by molar-refractivity contribution is 5.94. The predicted octanol–water partition coefficient (Wildman–Crippen LogP) is 3.14. The van der Waals surface area contributed by atoms with Crippen LogP contribution in [-0.2, 0) is 0 Å². The molecule has 0 bridgehead atoms. The molecule has 0 unspecified atom stereocenters. The lowest BCUT2D eigenvalue weighted by atomic mass is 10.1. The van der Waals surface area contributed by atoms with Gasteiger partial charge in [0.15, 0.2) is 0 Å². The van der Waals surface area contributed by atoms with E-state index in [0.29, 0.717) is 13.1 Å². The highest BCUT2D eigenvalue weighted by Gasteiger charge is 2.25. The maximum absolute atomic E-state index is 13.0. The number of hydrogen-bond acceptors (Lipinski definition) is 5. The van der Waals surface area contributed by atoms with Gasteiger partial charge in [0.2, 0.25) is 5.95 Å². The molecular weight excluding hydrogens is 388 g/mol. The molecule has 0 aliphatic carbocycles. The molecule has 5 rings (SSSR count). The van der Waals surface area contributed by atoms with Gasteiger partial charge in [0.25, 0.3) is 5.91 Å². The summed E-state index contributed by atoms with van der Waals surface area (Å²) in [6.45, 7) is 7.01.